The first-order chi connectivity index (χ1) is 8.69. The lowest BCUT2D eigenvalue weighted by atomic mass is 9.94. The molecule has 1 fully saturated rings. The van der Waals surface area contributed by atoms with Crippen LogP contribution >= 0.6 is 0 Å². The van der Waals surface area contributed by atoms with Gasteiger partial charge in [-0.05, 0) is 25.3 Å². The summed E-state index contributed by atoms with van der Waals surface area (Å²) in [7, 11) is 0. The van der Waals surface area contributed by atoms with Crippen LogP contribution in [-0.2, 0) is 13.0 Å². The zero-order valence-corrected chi connectivity index (χ0v) is 11.4. The van der Waals surface area contributed by atoms with Crippen molar-refractivity contribution in [2.75, 3.05) is 13.1 Å². The summed E-state index contributed by atoms with van der Waals surface area (Å²) in [5.41, 5.74) is 6.08. The predicted molar refractivity (Wildman–Crippen MR) is 69.9 cm³/mol. The number of piperidine rings is 1. The summed E-state index contributed by atoms with van der Waals surface area (Å²) < 4.78 is 5.28. The van der Waals surface area contributed by atoms with Gasteiger partial charge in [-0.15, -0.1) is 0 Å². The van der Waals surface area contributed by atoms with Crippen LogP contribution in [0.5, 0.6) is 0 Å². The largest absolute Gasteiger partial charge is 0.338 e. The third-order valence-electron chi connectivity index (χ3n) is 3.72. The Labute approximate surface area is 109 Å². The molecule has 0 saturated carbocycles. The highest BCUT2D eigenvalue weighted by atomic mass is 16.5. The number of aromatic nitrogens is 2. The molecule has 1 aliphatic rings. The van der Waals surface area contributed by atoms with Crippen LogP contribution in [-0.4, -0.2) is 34.2 Å². The van der Waals surface area contributed by atoms with E-state index in [-0.39, 0.29) is 6.04 Å². The summed E-state index contributed by atoms with van der Waals surface area (Å²) >= 11 is 0. The molecule has 0 spiro atoms. The quantitative estimate of drug-likeness (QED) is 0.861. The number of likely N-dealkylation sites (tertiary alicyclic amines) is 1. The maximum absolute atomic E-state index is 6.08. The van der Waals surface area contributed by atoms with E-state index in [4.69, 9.17) is 10.3 Å². The smallest absolute Gasteiger partial charge is 0.240 e. The van der Waals surface area contributed by atoms with Crippen LogP contribution in [0.2, 0.25) is 0 Å². The normalized spacial score (nSPS) is 25.5. The van der Waals surface area contributed by atoms with Crippen LogP contribution in [0, 0.1) is 5.92 Å². The van der Waals surface area contributed by atoms with Gasteiger partial charge in [-0.1, -0.05) is 25.4 Å². The van der Waals surface area contributed by atoms with Gasteiger partial charge in [0.05, 0.1) is 6.54 Å². The Bertz CT molecular complexity index is 366. The molecular weight excluding hydrogens is 228 g/mol. The van der Waals surface area contributed by atoms with Gasteiger partial charge in [-0.2, -0.15) is 4.98 Å². The number of aryl methyl sites for hydroxylation is 1. The summed E-state index contributed by atoms with van der Waals surface area (Å²) in [5, 5.41) is 4.01. The molecule has 0 amide bonds. The lowest BCUT2D eigenvalue weighted by Gasteiger charge is -2.34. The second kappa shape index (κ2) is 6.29. The Hall–Kier alpha value is -0.940. The maximum atomic E-state index is 6.08. The number of hydrogen-bond acceptors (Lipinski definition) is 5. The monoisotopic (exact) mass is 252 g/mol. The maximum Gasteiger partial charge on any atom is 0.240 e. The summed E-state index contributed by atoms with van der Waals surface area (Å²) in [4.78, 5) is 6.73. The molecule has 0 radical (unpaired) electrons. The molecule has 0 aliphatic carbocycles. The van der Waals surface area contributed by atoms with Gasteiger partial charge in [0.2, 0.25) is 5.89 Å². The molecule has 1 saturated heterocycles. The van der Waals surface area contributed by atoms with Crippen molar-refractivity contribution in [3.8, 4) is 0 Å². The zero-order valence-electron chi connectivity index (χ0n) is 11.4. The fourth-order valence-corrected chi connectivity index (χ4v) is 2.30. The van der Waals surface area contributed by atoms with Crippen molar-refractivity contribution in [1.29, 1.82) is 0 Å². The minimum Gasteiger partial charge on any atom is -0.338 e. The molecule has 2 unspecified atom stereocenters. The van der Waals surface area contributed by atoms with Crippen LogP contribution in [0.25, 0.3) is 0 Å². The van der Waals surface area contributed by atoms with Crippen molar-refractivity contribution in [3.63, 3.8) is 0 Å². The number of hydrogen-bond donors (Lipinski definition) is 1. The molecule has 1 aromatic heterocycles. The average Bonchev–Trinajstić information content (AvgIpc) is 2.79. The van der Waals surface area contributed by atoms with Gasteiger partial charge in [0, 0.05) is 19.0 Å². The van der Waals surface area contributed by atoms with Crippen LogP contribution < -0.4 is 5.73 Å². The molecule has 102 valence electrons. The van der Waals surface area contributed by atoms with Crippen molar-refractivity contribution in [3.05, 3.63) is 11.7 Å². The summed E-state index contributed by atoms with van der Waals surface area (Å²) in [6, 6.07) is 0.265. The second-order valence-corrected chi connectivity index (χ2v) is 5.37. The molecule has 1 aromatic rings. The Balaban J connectivity index is 1.84. The Morgan fingerprint density at radius 1 is 1.50 bits per heavy atom. The van der Waals surface area contributed by atoms with Gasteiger partial charge >= 0.3 is 0 Å². The third-order valence-corrected chi connectivity index (χ3v) is 3.72. The third kappa shape index (κ3) is 3.53. The summed E-state index contributed by atoms with van der Waals surface area (Å²) in [6.45, 7) is 7.11. The van der Waals surface area contributed by atoms with E-state index in [0.29, 0.717) is 5.92 Å². The topological polar surface area (TPSA) is 68.2 Å². The van der Waals surface area contributed by atoms with Gasteiger partial charge in [-0.3, -0.25) is 4.90 Å². The summed E-state index contributed by atoms with van der Waals surface area (Å²) in [5.74, 6) is 2.17. The summed E-state index contributed by atoms with van der Waals surface area (Å²) in [6.07, 6.45) is 4.34. The van der Waals surface area contributed by atoms with Crippen molar-refractivity contribution < 1.29 is 4.52 Å². The van der Waals surface area contributed by atoms with Gasteiger partial charge in [0.15, 0.2) is 5.82 Å². The predicted octanol–water partition coefficient (Wildman–Crippen LogP) is 1.58. The molecule has 1 aliphatic heterocycles. The molecule has 18 heavy (non-hydrogen) atoms. The minimum atomic E-state index is 0.265. The standard InChI is InChI=1S/C13H24N4O/c1-3-4-5-12-15-13(18-16-12)9-17-7-6-10(2)11(14)8-17/h10-11H,3-9,14H2,1-2H3. The minimum absolute atomic E-state index is 0.265. The lowest BCUT2D eigenvalue weighted by Crippen LogP contribution is -2.47. The second-order valence-electron chi connectivity index (χ2n) is 5.37. The van der Waals surface area contributed by atoms with E-state index >= 15 is 0 Å². The van der Waals surface area contributed by atoms with E-state index in [2.05, 4.69) is 28.9 Å². The highest BCUT2D eigenvalue weighted by Crippen LogP contribution is 2.17. The van der Waals surface area contributed by atoms with Crippen LogP contribution in [0.15, 0.2) is 4.52 Å². The molecule has 0 bridgehead atoms. The molecule has 5 heteroatoms. The van der Waals surface area contributed by atoms with Gasteiger partial charge < -0.3 is 10.3 Å². The fourth-order valence-electron chi connectivity index (χ4n) is 2.30. The molecule has 2 atom stereocenters. The first kappa shape index (κ1) is 13.5. The number of unbranched alkanes of at least 4 members (excludes halogenated alkanes) is 1. The van der Waals surface area contributed by atoms with Crippen LogP contribution in [0.1, 0.15) is 44.8 Å². The van der Waals surface area contributed by atoms with Gasteiger partial charge in [0.1, 0.15) is 0 Å². The van der Waals surface area contributed by atoms with Gasteiger partial charge in [-0.25, -0.2) is 0 Å². The highest BCUT2D eigenvalue weighted by molar-refractivity contribution is 4.89. The van der Waals surface area contributed by atoms with Crippen LogP contribution in [0.3, 0.4) is 0 Å². The lowest BCUT2D eigenvalue weighted by molar-refractivity contribution is 0.146. The molecule has 0 aromatic carbocycles. The van der Waals surface area contributed by atoms with Crippen molar-refractivity contribution in [2.45, 2.75) is 52.1 Å². The van der Waals surface area contributed by atoms with E-state index in [9.17, 15) is 0 Å². The van der Waals surface area contributed by atoms with Crippen molar-refractivity contribution in [1.82, 2.24) is 15.0 Å². The van der Waals surface area contributed by atoms with Crippen LogP contribution in [0.4, 0.5) is 0 Å². The van der Waals surface area contributed by atoms with E-state index in [0.717, 1.165) is 57.0 Å². The first-order valence-electron chi connectivity index (χ1n) is 6.98. The molecule has 5 nitrogen and oxygen atoms in total. The van der Waals surface area contributed by atoms with Crippen molar-refractivity contribution in [2.24, 2.45) is 11.7 Å². The Morgan fingerprint density at radius 3 is 3.06 bits per heavy atom. The molecule has 2 rings (SSSR count). The zero-order chi connectivity index (χ0) is 13.0. The van der Waals surface area contributed by atoms with E-state index < -0.39 is 0 Å². The Morgan fingerprint density at radius 2 is 2.33 bits per heavy atom. The molecule has 2 N–H and O–H groups in total. The van der Waals surface area contributed by atoms with E-state index in [1.54, 1.807) is 0 Å². The Kier molecular flexibility index (Phi) is 4.72. The van der Waals surface area contributed by atoms with Crippen molar-refractivity contribution >= 4 is 0 Å². The average molecular weight is 252 g/mol. The molecular formula is C13H24N4O. The number of nitrogens with zero attached hydrogens (tertiary/aromatic N) is 3. The van der Waals surface area contributed by atoms with E-state index in [1.165, 1.54) is 0 Å². The fraction of sp³-hybridized carbons (Fsp3) is 0.846. The molecule has 2 heterocycles. The SMILES string of the molecule is CCCCc1noc(CN2CCC(C)C(N)C2)n1. The number of nitrogens with two attached hydrogens (primary N) is 1. The highest BCUT2D eigenvalue weighted by Gasteiger charge is 2.24. The number of rotatable bonds is 5. The van der Waals surface area contributed by atoms with E-state index in [1.807, 2.05) is 0 Å². The van der Waals surface area contributed by atoms with Gasteiger partial charge in [0.25, 0.3) is 0 Å². The first-order valence-corrected chi connectivity index (χ1v) is 6.98.